The van der Waals surface area contributed by atoms with E-state index < -0.39 is 39.7 Å². The Balaban J connectivity index is 1.41. The van der Waals surface area contributed by atoms with Crippen molar-refractivity contribution in [3.63, 3.8) is 0 Å². The van der Waals surface area contributed by atoms with Crippen molar-refractivity contribution in [2.75, 3.05) is 10.2 Å². The van der Waals surface area contributed by atoms with Gasteiger partial charge in [0.2, 0.25) is 17.7 Å². The molecule has 0 saturated carbocycles. The van der Waals surface area contributed by atoms with Crippen LogP contribution in [-0.4, -0.2) is 32.5 Å². The van der Waals surface area contributed by atoms with Gasteiger partial charge in [-0.15, -0.1) is 0 Å². The maximum absolute atomic E-state index is 14.0. The van der Waals surface area contributed by atoms with Gasteiger partial charge in [-0.1, -0.05) is 69.4 Å². The van der Waals surface area contributed by atoms with Gasteiger partial charge in [0.05, 0.1) is 21.6 Å². The zero-order chi connectivity index (χ0) is 29.7. The van der Waals surface area contributed by atoms with Crippen LogP contribution in [-0.2, 0) is 20.9 Å². The second-order valence-corrected chi connectivity index (χ2v) is 12.9. The number of hydrogen-bond acceptors (Lipinski definition) is 8. The van der Waals surface area contributed by atoms with E-state index in [1.54, 1.807) is 12.1 Å². The van der Waals surface area contributed by atoms with Crippen LogP contribution in [0.15, 0.2) is 87.1 Å². The van der Waals surface area contributed by atoms with Gasteiger partial charge in [0, 0.05) is 33.1 Å². The minimum atomic E-state index is -0.871. The van der Waals surface area contributed by atoms with Crippen molar-refractivity contribution in [2.24, 2.45) is 5.92 Å². The van der Waals surface area contributed by atoms with Crippen molar-refractivity contribution in [3.05, 3.63) is 113 Å². The van der Waals surface area contributed by atoms with Gasteiger partial charge < -0.3 is 5.32 Å². The number of carbonyl (C=O) groups excluding carboxylic acids is 3. The zero-order valence-corrected chi connectivity index (χ0v) is 25.1. The highest BCUT2D eigenvalue weighted by atomic mass is 79.9. The maximum Gasteiger partial charge on any atom is 0.308 e. The fourth-order valence-corrected chi connectivity index (χ4v) is 8.53. The number of benzene rings is 3. The first-order chi connectivity index (χ1) is 20.1. The summed E-state index contributed by atoms with van der Waals surface area (Å²) in [5.41, 5.74) is 2.32. The van der Waals surface area contributed by atoms with Crippen LogP contribution in [0.2, 0.25) is 0 Å². The van der Waals surface area contributed by atoms with E-state index in [0.717, 1.165) is 43.6 Å². The highest BCUT2D eigenvalue weighted by Gasteiger charge is 2.56. The fraction of sp³-hybridized carbons (Fsp3) is 0.172. The number of aromatic nitrogens is 1. The molecule has 2 aliphatic heterocycles. The molecule has 10 nitrogen and oxygen atoms in total. The molecule has 42 heavy (non-hydrogen) atoms. The number of hydrogen-bond donors (Lipinski definition) is 1. The van der Waals surface area contributed by atoms with Crippen molar-refractivity contribution in [1.29, 1.82) is 0 Å². The summed E-state index contributed by atoms with van der Waals surface area (Å²) in [7, 11) is 0. The number of imide groups is 1. The minimum Gasteiger partial charge on any atom is -0.324 e. The Kier molecular flexibility index (Phi) is 7.33. The smallest absolute Gasteiger partial charge is 0.308 e. The first-order valence-electron chi connectivity index (χ1n) is 12.8. The number of para-hydroxylation sites is 1. The number of carbonyl (C=O) groups is 3. The Morgan fingerprint density at radius 3 is 2.45 bits per heavy atom. The lowest BCUT2D eigenvalue weighted by Gasteiger charge is -2.30. The summed E-state index contributed by atoms with van der Waals surface area (Å²) in [4.78, 5) is 66.1. The lowest BCUT2D eigenvalue weighted by atomic mass is 9.83. The quantitative estimate of drug-likeness (QED) is 0.168. The number of nitrogens with zero attached hydrogens (tertiary/aromatic N) is 3. The van der Waals surface area contributed by atoms with Crippen LogP contribution >= 0.6 is 39.0 Å². The van der Waals surface area contributed by atoms with Gasteiger partial charge in [0.15, 0.2) is 0 Å². The number of halogens is 1. The standard InChI is InChI=1S/C29H21BrN4O6S2/c1-15-5-2-3-8-20(15)31-21(35)14-32-28-25(42-29(32)38)22(16-6-4-7-17(30)13-16)23-24(41-28)27(37)33(26(23)36)18-9-11-19(12-10-18)34(39)40/h2-13,22-24H,14H2,1H3,(H,31,35). The third-order valence-electron chi connectivity index (χ3n) is 7.30. The van der Waals surface area contributed by atoms with Crippen molar-refractivity contribution in [1.82, 2.24) is 4.57 Å². The average Bonchev–Trinajstić information content (AvgIpc) is 3.40. The third kappa shape index (κ3) is 4.86. The SMILES string of the molecule is Cc1ccccc1NC(=O)Cn1c2c(sc1=O)C(c1cccc(Br)c1)C1C(=O)N(c3ccc([N+](=O)[O-])cc3)C(=O)C1S2. The number of thioether (sulfide) groups is 1. The number of amides is 3. The van der Waals surface area contributed by atoms with Gasteiger partial charge in [0.1, 0.15) is 11.8 Å². The number of non-ortho nitro benzene ring substituents is 1. The molecule has 3 heterocycles. The first kappa shape index (κ1) is 28.1. The highest BCUT2D eigenvalue weighted by molar-refractivity contribution is 9.10. The fourth-order valence-electron chi connectivity index (χ4n) is 5.34. The normalized spacial score (nSPS) is 19.4. The summed E-state index contributed by atoms with van der Waals surface area (Å²) in [6, 6.07) is 19.9. The van der Waals surface area contributed by atoms with E-state index in [-0.39, 0.29) is 22.8 Å². The summed E-state index contributed by atoms with van der Waals surface area (Å²) in [5, 5.41) is 13.6. The molecule has 0 bridgehead atoms. The van der Waals surface area contributed by atoms with Crippen LogP contribution in [0.25, 0.3) is 0 Å². The molecule has 13 heteroatoms. The van der Waals surface area contributed by atoms with Crippen LogP contribution in [0.4, 0.5) is 17.1 Å². The van der Waals surface area contributed by atoms with Crippen LogP contribution in [0, 0.1) is 23.0 Å². The molecule has 3 atom stereocenters. The Morgan fingerprint density at radius 2 is 1.76 bits per heavy atom. The number of anilines is 2. The lowest BCUT2D eigenvalue weighted by Crippen LogP contribution is -2.33. The van der Waals surface area contributed by atoms with Gasteiger partial charge in [-0.3, -0.25) is 33.9 Å². The Bertz CT molecular complexity index is 1840. The lowest BCUT2D eigenvalue weighted by molar-refractivity contribution is -0.384. The number of nitro groups is 1. The third-order valence-corrected chi connectivity index (χ3v) is 10.4. The molecule has 0 spiro atoms. The molecule has 3 unspecified atom stereocenters. The van der Waals surface area contributed by atoms with Crippen molar-refractivity contribution in [3.8, 4) is 0 Å². The zero-order valence-electron chi connectivity index (χ0n) is 21.9. The maximum atomic E-state index is 14.0. The van der Waals surface area contributed by atoms with E-state index >= 15 is 0 Å². The van der Waals surface area contributed by atoms with Crippen LogP contribution < -0.4 is 15.1 Å². The molecule has 0 radical (unpaired) electrons. The van der Waals surface area contributed by atoms with Crippen molar-refractivity contribution >= 4 is 73.8 Å². The van der Waals surface area contributed by atoms with Crippen LogP contribution in [0.5, 0.6) is 0 Å². The van der Waals surface area contributed by atoms with Gasteiger partial charge in [-0.05, 0) is 48.4 Å². The van der Waals surface area contributed by atoms with Crippen LogP contribution in [0.1, 0.15) is 21.9 Å². The molecule has 1 aromatic heterocycles. The van der Waals surface area contributed by atoms with Gasteiger partial charge in [0.25, 0.3) is 5.69 Å². The molecule has 2 aliphatic rings. The molecule has 1 N–H and O–H groups in total. The first-order valence-corrected chi connectivity index (χ1v) is 15.3. The summed E-state index contributed by atoms with van der Waals surface area (Å²) < 4.78 is 2.14. The Labute approximate surface area is 255 Å². The molecular weight excluding hydrogens is 644 g/mol. The molecule has 6 rings (SSSR count). The predicted molar refractivity (Wildman–Crippen MR) is 163 cm³/mol. The molecule has 0 aliphatic carbocycles. The molecule has 1 saturated heterocycles. The van der Waals surface area contributed by atoms with E-state index in [9.17, 15) is 29.3 Å². The number of fused-ring (bicyclic) bond motifs is 2. The van der Waals surface area contributed by atoms with Gasteiger partial charge in [-0.25, -0.2) is 4.90 Å². The molecule has 212 valence electrons. The second-order valence-electron chi connectivity index (χ2n) is 9.87. The van der Waals surface area contributed by atoms with E-state index in [1.807, 2.05) is 43.3 Å². The van der Waals surface area contributed by atoms with E-state index in [1.165, 1.54) is 28.8 Å². The molecule has 3 amide bonds. The number of thiazole rings is 1. The van der Waals surface area contributed by atoms with Crippen LogP contribution in [0.3, 0.4) is 0 Å². The largest absolute Gasteiger partial charge is 0.324 e. The van der Waals surface area contributed by atoms with E-state index in [4.69, 9.17) is 0 Å². The predicted octanol–water partition coefficient (Wildman–Crippen LogP) is 5.32. The van der Waals surface area contributed by atoms with Gasteiger partial charge in [-0.2, -0.15) is 0 Å². The summed E-state index contributed by atoms with van der Waals surface area (Å²) in [6.45, 7) is 1.61. The summed E-state index contributed by atoms with van der Waals surface area (Å²) in [5.74, 6) is -2.78. The monoisotopic (exact) mass is 664 g/mol. The van der Waals surface area contributed by atoms with Crippen molar-refractivity contribution in [2.45, 2.75) is 29.7 Å². The Hall–Kier alpha value is -4.07. The summed E-state index contributed by atoms with van der Waals surface area (Å²) >= 11 is 5.56. The average molecular weight is 666 g/mol. The second kappa shape index (κ2) is 11.0. The number of aryl methyl sites for hydroxylation is 1. The number of nitro benzene ring substituents is 1. The Morgan fingerprint density at radius 1 is 1.02 bits per heavy atom. The molecule has 4 aromatic rings. The van der Waals surface area contributed by atoms with E-state index in [2.05, 4.69) is 21.2 Å². The number of rotatable bonds is 6. The van der Waals surface area contributed by atoms with E-state index in [0.29, 0.717) is 15.6 Å². The molecule has 1 fully saturated rings. The molecular formula is C29H21BrN4O6S2. The number of nitrogens with one attached hydrogen (secondary N) is 1. The topological polar surface area (TPSA) is 132 Å². The summed E-state index contributed by atoms with van der Waals surface area (Å²) in [6.07, 6.45) is 0. The highest BCUT2D eigenvalue weighted by Crippen LogP contribution is 2.54. The molecule has 3 aromatic carbocycles. The van der Waals surface area contributed by atoms with Gasteiger partial charge >= 0.3 is 4.87 Å². The van der Waals surface area contributed by atoms with Crippen molar-refractivity contribution < 1.29 is 19.3 Å². The minimum absolute atomic E-state index is 0.160.